The maximum atomic E-state index is 11.8. The second kappa shape index (κ2) is 11.9. The SMILES string of the molecule is C=C(CCCC)/C(=C/C[C@@H](OC(C)=O)c1ccc(OCCO)cc1)B1OC(C)(C)C(C)(C)O1. The normalized spacial score (nSPS) is 18.2. The lowest BCUT2D eigenvalue weighted by atomic mass is 9.72. The minimum atomic E-state index is -0.522. The third kappa shape index (κ3) is 7.46. The first kappa shape index (κ1) is 27.2. The summed E-state index contributed by atoms with van der Waals surface area (Å²) in [6, 6.07) is 7.35. The summed E-state index contributed by atoms with van der Waals surface area (Å²) in [6.07, 6.45) is 4.96. The number of benzene rings is 1. The van der Waals surface area contributed by atoms with Crippen LogP contribution < -0.4 is 4.74 Å². The molecule has 1 atom stereocenters. The molecule has 0 amide bonds. The number of unbranched alkanes of at least 4 members (excludes halogenated alkanes) is 1. The number of ether oxygens (including phenoxy) is 2. The number of esters is 1. The molecule has 1 aromatic carbocycles. The van der Waals surface area contributed by atoms with E-state index in [2.05, 4.69) is 13.5 Å². The van der Waals surface area contributed by atoms with Crippen molar-refractivity contribution < 1.29 is 28.7 Å². The van der Waals surface area contributed by atoms with Crippen LogP contribution >= 0.6 is 0 Å². The van der Waals surface area contributed by atoms with Crippen LogP contribution in [0.3, 0.4) is 0 Å². The summed E-state index contributed by atoms with van der Waals surface area (Å²) in [5.41, 5.74) is 1.82. The lowest BCUT2D eigenvalue weighted by molar-refractivity contribution is -0.146. The third-order valence-corrected chi connectivity index (χ3v) is 6.22. The van der Waals surface area contributed by atoms with Gasteiger partial charge in [-0.3, -0.25) is 4.79 Å². The van der Waals surface area contributed by atoms with E-state index in [1.54, 1.807) is 12.1 Å². The molecule has 0 aliphatic carbocycles. The minimum absolute atomic E-state index is 0.0494. The van der Waals surface area contributed by atoms with Gasteiger partial charge in [-0.1, -0.05) is 43.7 Å². The fourth-order valence-corrected chi connectivity index (χ4v) is 3.54. The second-order valence-electron chi connectivity index (χ2n) is 9.43. The Morgan fingerprint density at radius 3 is 2.30 bits per heavy atom. The molecule has 1 heterocycles. The highest BCUT2D eigenvalue weighted by Gasteiger charge is 2.52. The maximum absolute atomic E-state index is 11.8. The number of carbonyl (C=O) groups is 1. The zero-order chi connectivity index (χ0) is 24.6. The number of carbonyl (C=O) groups excluding carboxylic acids is 1. The maximum Gasteiger partial charge on any atom is 0.494 e. The lowest BCUT2D eigenvalue weighted by Gasteiger charge is -2.32. The van der Waals surface area contributed by atoms with Gasteiger partial charge in [0.15, 0.2) is 0 Å². The molecule has 1 aliphatic rings. The van der Waals surface area contributed by atoms with E-state index in [4.69, 9.17) is 23.9 Å². The van der Waals surface area contributed by atoms with Crippen molar-refractivity contribution in [2.75, 3.05) is 13.2 Å². The highest BCUT2D eigenvalue weighted by atomic mass is 16.7. The summed E-state index contributed by atoms with van der Waals surface area (Å²) in [5.74, 6) is 0.298. The van der Waals surface area contributed by atoms with E-state index in [1.807, 2.05) is 45.9 Å². The van der Waals surface area contributed by atoms with E-state index in [0.717, 1.165) is 35.9 Å². The number of aliphatic hydroxyl groups excluding tert-OH is 1. The van der Waals surface area contributed by atoms with Crippen molar-refractivity contribution in [1.82, 2.24) is 0 Å². The van der Waals surface area contributed by atoms with E-state index >= 15 is 0 Å². The lowest BCUT2D eigenvalue weighted by Crippen LogP contribution is -2.41. The molecular formula is C26H39BO6. The first-order valence-electron chi connectivity index (χ1n) is 11.8. The zero-order valence-electron chi connectivity index (χ0n) is 21.0. The van der Waals surface area contributed by atoms with Gasteiger partial charge in [0, 0.05) is 13.3 Å². The molecule has 0 aromatic heterocycles. The van der Waals surface area contributed by atoms with Gasteiger partial charge in [0.2, 0.25) is 0 Å². The average molecular weight is 458 g/mol. The minimum Gasteiger partial charge on any atom is -0.491 e. The van der Waals surface area contributed by atoms with Gasteiger partial charge in [0.1, 0.15) is 18.5 Å². The van der Waals surface area contributed by atoms with Gasteiger partial charge in [0.25, 0.3) is 0 Å². The van der Waals surface area contributed by atoms with Gasteiger partial charge in [-0.05, 0) is 63.7 Å². The molecule has 0 radical (unpaired) electrons. The molecule has 1 saturated heterocycles. The summed E-state index contributed by atoms with van der Waals surface area (Å²) >= 11 is 0. The largest absolute Gasteiger partial charge is 0.494 e. The van der Waals surface area contributed by atoms with Crippen LogP contribution in [0, 0.1) is 0 Å². The molecule has 2 rings (SSSR count). The van der Waals surface area contributed by atoms with E-state index in [9.17, 15) is 4.79 Å². The Bertz CT molecular complexity index is 812. The van der Waals surface area contributed by atoms with Crippen LogP contribution in [-0.4, -0.2) is 42.6 Å². The van der Waals surface area contributed by atoms with Crippen LogP contribution in [0.15, 0.2) is 48.0 Å². The van der Waals surface area contributed by atoms with Gasteiger partial charge in [-0.2, -0.15) is 0 Å². The van der Waals surface area contributed by atoms with Crippen molar-refractivity contribution in [3.63, 3.8) is 0 Å². The molecule has 1 N–H and O–H groups in total. The Morgan fingerprint density at radius 2 is 1.79 bits per heavy atom. The molecule has 0 saturated carbocycles. The fourth-order valence-electron chi connectivity index (χ4n) is 3.54. The molecule has 7 heteroatoms. The van der Waals surface area contributed by atoms with E-state index < -0.39 is 24.4 Å². The van der Waals surface area contributed by atoms with Gasteiger partial charge in [-0.15, -0.1) is 0 Å². The Morgan fingerprint density at radius 1 is 1.18 bits per heavy atom. The molecule has 6 nitrogen and oxygen atoms in total. The first-order valence-corrected chi connectivity index (χ1v) is 11.8. The summed E-state index contributed by atoms with van der Waals surface area (Å²) < 4.78 is 23.7. The molecule has 33 heavy (non-hydrogen) atoms. The predicted molar refractivity (Wildman–Crippen MR) is 131 cm³/mol. The van der Waals surface area contributed by atoms with Crippen molar-refractivity contribution in [3.8, 4) is 5.75 Å². The Kier molecular flexibility index (Phi) is 9.76. The first-order chi connectivity index (χ1) is 15.5. The van der Waals surface area contributed by atoms with Crippen LogP contribution in [0.1, 0.15) is 78.9 Å². The topological polar surface area (TPSA) is 74.2 Å². The smallest absolute Gasteiger partial charge is 0.491 e. The number of aliphatic hydroxyl groups is 1. The predicted octanol–water partition coefficient (Wildman–Crippen LogP) is 5.36. The van der Waals surface area contributed by atoms with Crippen LogP contribution in [0.2, 0.25) is 0 Å². The standard InChI is InChI=1S/C26H39BO6/c1-8-9-10-19(2)23(27-32-25(4,5)26(6,7)33-27)15-16-24(31-20(3)29)21-11-13-22(14-12-21)30-18-17-28/h11-15,24,28H,2,8-10,16-18H2,1,3-7H3/b23-15-/t24-/m1/s1. The summed E-state index contributed by atoms with van der Waals surface area (Å²) in [4.78, 5) is 11.8. The van der Waals surface area contributed by atoms with Gasteiger partial charge >= 0.3 is 13.1 Å². The number of hydrogen-bond acceptors (Lipinski definition) is 6. The number of rotatable bonds is 12. The summed E-state index contributed by atoms with van der Waals surface area (Å²) in [7, 11) is -0.522. The molecule has 1 aromatic rings. The Hall–Kier alpha value is -2.09. The third-order valence-electron chi connectivity index (χ3n) is 6.22. The highest BCUT2D eigenvalue weighted by Crippen LogP contribution is 2.40. The molecule has 0 spiro atoms. The summed E-state index contributed by atoms with van der Waals surface area (Å²) in [5, 5.41) is 8.93. The molecule has 1 aliphatic heterocycles. The van der Waals surface area contributed by atoms with Crippen molar-refractivity contribution in [2.24, 2.45) is 0 Å². The van der Waals surface area contributed by atoms with Crippen LogP contribution in [0.4, 0.5) is 0 Å². The zero-order valence-corrected chi connectivity index (χ0v) is 21.0. The Balaban J connectivity index is 2.29. The van der Waals surface area contributed by atoms with Gasteiger partial charge in [0.05, 0.1) is 17.8 Å². The van der Waals surface area contributed by atoms with Crippen molar-refractivity contribution in [3.05, 3.63) is 53.5 Å². The molecule has 182 valence electrons. The van der Waals surface area contributed by atoms with E-state index in [1.165, 1.54) is 6.92 Å². The number of allylic oxidation sites excluding steroid dienone is 2. The second-order valence-corrected chi connectivity index (χ2v) is 9.43. The fraction of sp³-hybridized carbons (Fsp3) is 0.577. The monoisotopic (exact) mass is 458 g/mol. The highest BCUT2D eigenvalue weighted by molar-refractivity contribution is 6.56. The average Bonchev–Trinajstić information content (AvgIpc) is 2.96. The van der Waals surface area contributed by atoms with Crippen molar-refractivity contribution in [2.45, 2.75) is 84.5 Å². The van der Waals surface area contributed by atoms with Gasteiger partial charge < -0.3 is 23.9 Å². The van der Waals surface area contributed by atoms with Crippen LogP contribution in [0.5, 0.6) is 5.75 Å². The van der Waals surface area contributed by atoms with E-state index in [-0.39, 0.29) is 19.2 Å². The van der Waals surface area contributed by atoms with Crippen molar-refractivity contribution in [1.29, 1.82) is 0 Å². The number of hydrogen-bond donors (Lipinski definition) is 1. The van der Waals surface area contributed by atoms with Gasteiger partial charge in [-0.25, -0.2) is 0 Å². The van der Waals surface area contributed by atoms with E-state index in [0.29, 0.717) is 12.2 Å². The molecular weight excluding hydrogens is 419 g/mol. The summed E-state index contributed by atoms with van der Waals surface area (Å²) in [6.45, 7) is 16.2. The molecule has 0 bridgehead atoms. The molecule has 0 unspecified atom stereocenters. The molecule has 1 fully saturated rings. The quantitative estimate of drug-likeness (QED) is 0.258. The Labute approximate surface area is 199 Å². The van der Waals surface area contributed by atoms with Crippen LogP contribution in [0.25, 0.3) is 0 Å². The van der Waals surface area contributed by atoms with Crippen molar-refractivity contribution >= 4 is 13.1 Å². The van der Waals surface area contributed by atoms with Crippen LogP contribution in [-0.2, 0) is 18.8 Å².